The Kier molecular flexibility index (Phi) is 8.19. The van der Waals surface area contributed by atoms with E-state index in [1.165, 1.54) is 10.4 Å². The molecule has 0 saturated carbocycles. The molecule has 0 bridgehead atoms. The zero-order chi connectivity index (χ0) is 18.2. The Morgan fingerprint density at radius 1 is 1.36 bits per heavy atom. The van der Waals surface area contributed by atoms with E-state index in [0.29, 0.717) is 25.0 Å². The summed E-state index contributed by atoms with van der Waals surface area (Å²) < 4.78 is 5.49. The number of thiophene rings is 1. The first-order chi connectivity index (χ1) is 12.1. The molecule has 142 valence electrons. The minimum Gasteiger partial charge on any atom is -0.379 e. The Bertz CT molecular complexity index is 524. The topological polar surface area (TPSA) is 44.8 Å². The first kappa shape index (κ1) is 20.2. The van der Waals surface area contributed by atoms with E-state index in [0.717, 1.165) is 39.1 Å². The van der Waals surface area contributed by atoms with Crippen molar-refractivity contribution in [2.24, 2.45) is 5.92 Å². The van der Waals surface area contributed by atoms with Gasteiger partial charge in [-0.1, -0.05) is 26.7 Å². The van der Waals surface area contributed by atoms with Crippen LogP contribution in [0, 0.1) is 12.8 Å². The van der Waals surface area contributed by atoms with Gasteiger partial charge in [-0.2, -0.15) is 0 Å². The van der Waals surface area contributed by atoms with E-state index in [2.05, 4.69) is 42.4 Å². The predicted molar refractivity (Wildman–Crippen MR) is 104 cm³/mol. The van der Waals surface area contributed by atoms with Gasteiger partial charge in [0.1, 0.15) is 0 Å². The number of urea groups is 1. The summed E-state index contributed by atoms with van der Waals surface area (Å²) in [6, 6.07) is 2.50. The van der Waals surface area contributed by atoms with E-state index in [1.807, 2.05) is 7.05 Å². The normalized spacial score (nSPS) is 16.8. The molecule has 2 amide bonds. The SMILES string of the molecule is CCC(CC)C(CNC(=O)N(C)Cc1sccc1C)N1CCOCC1. The zero-order valence-electron chi connectivity index (χ0n) is 16.1. The fourth-order valence-corrected chi connectivity index (χ4v) is 4.47. The molecule has 1 aliphatic rings. The van der Waals surface area contributed by atoms with Crippen molar-refractivity contribution in [1.82, 2.24) is 15.1 Å². The predicted octanol–water partition coefficient (Wildman–Crippen LogP) is 3.33. The van der Waals surface area contributed by atoms with Crippen LogP contribution in [0.4, 0.5) is 4.79 Å². The summed E-state index contributed by atoms with van der Waals surface area (Å²) in [4.78, 5) is 18.1. The van der Waals surface area contributed by atoms with Gasteiger partial charge < -0.3 is 15.0 Å². The smallest absolute Gasteiger partial charge is 0.317 e. The Morgan fingerprint density at radius 2 is 2.04 bits per heavy atom. The first-order valence-electron chi connectivity index (χ1n) is 9.40. The van der Waals surface area contributed by atoms with E-state index in [1.54, 1.807) is 16.2 Å². The molecule has 1 N–H and O–H groups in total. The van der Waals surface area contributed by atoms with Gasteiger partial charge in [-0.15, -0.1) is 11.3 Å². The van der Waals surface area contributed by atoms with Gasteiger partial charge in [-0.3, -0.25) is 4.90 Å². The molecule has 1 aromatic heterocycles. The number of rotatable bonds is 8. The van der Waals surface area contributed by atoms with Gasteiger partial charge in [-0.25, -0.2) is 4.79 Å². The van der Waals surface area contributed by atoms with Crippen LogP contribution >= 0.6 is 11.3 Å². The third kappa shape index (κ3) is 5.69. The lowest BCUT2D eigenvalue weighted by molar-refractivity contribution is 0.00215. The molecule has 25 heavy (non-hydrogen) atoms. The Hall–Kier alpha value is -1.11. The summed E-state index contributed by atoms with van der Waals surface area (Å²) in [6.45, 7) is 11.5. The van der Waals surface area contributed by atoms with Crippen molar-refractivity contribution in [2.45, 2.75) is 46.2 Å². The highest BCUT2D eigenvalue weighted by atomic mass is 32.1. The van der Waals surface area contributed by atoms with Crippen molar-refractivity contribution < 1.29 is 9.53 Å². The molecular formula is C19H33N3O2S. The second-order valence-corrected chi connectivity index (χ2v) is 7.86. The number of nitrogens with zero attached hydrogens (tertiary/aromatic N) is 2. The van der Waals surface area contributed by atoms with E-state index in [9.17, 15) is 4.79 Å². The first-order valence-corrected chi connectivity index (χ1v) is 10.3. The van der Waals surface area contributed by atoms with Gasteiger partial charge in [0.25, 0.3) is 0 Å². The summed E-state index contributed by atoms with van der Waals surface area (Å²) in [5.41, 5.74) is 1.26. The van der Waals surface area contributed by atoms with Crippen LogP contribution in [0.15, 0.2) is 11.4 Å². The molecule has 2 heterocycles. The minimum absolute atomic E-state index is 0.0111. The summed E-state index contributed by atoms with van der Waals surface area (Å²) in [5, 5.41) is 5.25. The standard InChI is InChI=1S/C19H33N3O2S/c1-5-16(6-2)17(22-8-10-24-11-9-22)13-20-19(23)21(4)14-18-15(3)7-12-25-18/h7,12,16-17H,5-6,8-11,13-14H2,1-4H3,(H,20,23). The highest BCUT2D eigenvalue weighted by Gasteiger charge is 2.27. The van der Waals surface area contributed by atoms with Crippen LogP contribution in [0.3, 0.4) is 0 Å². The van der Waals surface area contributed by atoms with Crippen LogP contribution in [-0.4, -0.2) is 61.8 Å². The Balaban J connectivity index is 1.91. The Labute approximate surface area is 156 Å². The number of carbonyl (C=O) groups is 1. The van der Waals surface area contributed by atoms with Gasteiger partial charge in [0, 0.05) is 37.6 Å². The van der Waals surface area contributed by atoms with Crippen LogP contribution in [0.25, 0.3) is 0 Å². The summed E-state index contributed by atoms with van der Waals surface area (Å²) in [7, 11) is 1.87. The van der Waals surface area contributed by atoms with Crippen molar-refractivity contribution >= 4 is 17.4 Å². The molecule has 0 aliphatic carbocycles. The fraction of sp³-hybridized carbons (Fsp3) is 0.737. The maximum Gasteiger partial charge on any atom is 0.317 e. The molecular weight excluding hydrogens is 334 g/mol. The Morgan fingerprint density at radius 3 is 2.60 bits per heavy atom. The number of amides is 2. The molecule has 0 aromatic carbocycles. The van der Waals surface area contributed by atoms with E-state index in [-0.39, 0.29) is 6.03 Å². The highest BCUT2D eigenvalue weighted by molar-refractivity contribution is 7.10. The molecule has 1 aliphatic heterocycles. The summed E-state index contributed by atoms with van der Waals surface area (Å²) >= 11 is 1.71. The lowest BCUT2D eigenvalue weighted by atomic mass is 9.92. The molecule has 2 rings (SSSR count). The molecule has 1 saturated heterocycles. The molecule has 5 nitrogen and oxygen atoms in total. The third-order valence-electron chi connectivity index (χ3n) is 5.27. The lowest BCUT2D eigenvalue weighted by Gasteiger charge is -2.39. The average Bonchev–Trinajstić information content (AvgIpc) is 3.03. The number of carbonyl (C=O) groups excluding carboxylic acids is 1. The van der Waals surface area contributed by atoms with Crippen molar-refractivity contribution in [3.05, 3.63) is 21.9 Å². The maximum atomic E-state index is 12.5. The number of aryl methyl sites for hydroxylation is 1. The summed E-state index contributed by atoms with van der Waals surface area (Å²) in [6.07, 6.45) is 2.28. The second kappa shape index (κ2) is 10.1. The van der Waals surface area contributed by atoms with Gasteiger partial charge in [0.15, 0.2) is 0 Å². The van der Waals surface area contributed by atoms with Crippen molar-refractivity contribution in [3.63, 3.8) is 0 Å². The molecule has 1 unspecified atom stereocenters. The van der Waals surface area contributed by atoms with Crippen molar-refractivity contribution in [2.75, 3.05) is 39.9 Å². The fourth-order valence-electron chi connectivity index (χ4n) is 3.52. The van der Waals surface area contributed by atoms with Crippen LogP contribution in [0.2, 0.25) is 0 Å². The molecule has 1 aromatic rings. The number of hydrogen-bond donors (Lipinski definition) is 1. The van der Waals surface area contributed by atoms with Gasteiger partial charge >= 0.3 is 6.03 Å². The maximum absolute atomic E-state index is 12.5. The third-order valence-corrected chi connectivity index (χ3v) is 6.27. The molecule has 1 atom stereocenters. The van der Waals surface area contributed by atoms with Crippen molar-refractivity contribution in [3.8, 4) is 0 Å². The van der Waals surface area contributed by atoms with Gasteiger partial charge in [-0.05, 0) is 29.9 Å². The monoisotopic (exact) mass is 367 g/mol. The van der Waals surface area contributed by atoms with Gasteiger partial charge in [0.2, 0.25) is 0 Å². The van der Waals surface area contributed by atoms with E-state index in [4.69, 9.17) is 4.74 Å². The van der Waals surface area contributed by atoms with Crippen LogP contribution in [-0.2, 0) is 11.3 Å². The average molecular weight is 368 g/mol. The second-order valence-electron chi connectivity index (χ2n) is 6.86. The quantitative estimate of drug-likeness (QED) is 0.766. The zero-order valence-corrected chi connectivity index (χ0v) is 16.9. The van der Waals surface area contributed by atoms with Crippen molar-refractivity contribution in [1.29, 1.82) is 0 Å². The van der Waals surface area contributed by atoms with E-state index >= 15 is 0 Å². The highest BCUT2D eigenvalue weighted by Crippen LogP contribution is 2.20. The van der Waals surface area contributed by atoms with Crippen LogP contribution in [0.1, 0.15) is 37.1 Å². The molecule has 1 fully saturated rings. The van der Waals surface area contributed by atoms with Crippen LogP contribution in [0.5, 0.6) is 0 Å². The molecule has 0 radical (unpaired) electrons. The number of morpholine rings is 1. The van der Waals surface area contributed by atoms with E-state index < -0.39 is 0 Å². The molecule has 6 heteroatoms. The summed E-state index contributed by atoms with van der Waals surface area (Å²) in [5.74, 6) is 0.600. The lowest BCUT2D eigenvalue weighted by Crippen LogP contribution is -2.53. The largest absolute Gasteiger partial charge is 0.379 e. The molecule has 0 spiro atoms. The number of ether oxygens (including phenoxy) is 1. The minimum atomic E-state index is 0.0111. The number of nitrogens with one attached hydrogen (secondary N) is 1. The number of hydrogen-bond acceptors (Lipinski definition) is 4. The van der Waals surface area contributed by atoms with Crippen LogP contribution < -0.4 is 5.32 Å². The van der Waals surface area contributed by atoms with Gasteiger partial charge in [0.05, 0.1) is 19.8 Å².